The van der Waals surface area contributed by atoms with Crippen LogP contribution in [-0.2, 0) is 14.3 Å². The number of ether oxygens (including phenoxy) is 1. The minimum absolute atomic E-state index is 0.0300. The van der Waals surface area contributed by atoms with Crippen LogP contribution in [0.3, 0.4) is 0 Å². The van der Waals surface area contributed by atoms with Crippen molar-refractivity contribution in [1.82, 2.24) is 15.5 Å². The lowest BCUT2D eigenvalue weighted by Crippen LogP contribution is -2.56. The first kappa shape index (κ1) is 28.8. The molecule has 0 aromatic heterocycles. The van der Waals surface area contributed by atoms with Crippen molar-refractivity contribution in [3.05, 3.63) is 29.8 Å². The molecule has 1 aromatic carbocycles. The smallest absolute Gasteiger partial charge is 0.408 e. The Bertz CT molecular complexity index is 953. The Morgan fingerprint density at radius 1 is 1.14 bits per heavy atom. The molecule has 0 spiro atoms. The van der Waals surface area contributed by atoms with Crippen molar-refractivity contribution in [1.29, 1.82) is 0 Å². The lowest BCUT2D eigenvalue weighted by Gasteiger charge is -2.37. The number of carbonyl (C=O) groups is 3. The number of rotatable bonds is 9. The van der Waals surface area contributed by atoms with Crippen LogP contribution >= 0.6 is 0 Å². The Morgan fingerprint density at radius 2 is 1.76 bits per heavy atom. The Balaban J connectivity index is 1.99. The number of phenolic OH excluding ortho intramolecular Hbond substituents is 1. The second-order valence-electron chi connectivity index (χ2n) is 11.8. The maximum atomic E-state index is 14.3. The highest BCUT2D eigenvalue weighted by atomic mass is 16.6. The number of alkyl carbamates (subject to hydrolysis) is 1. The van der Waals surface area contributed by atoms with Crippen molar-refractivity contribution in [2.75, 3.05) is 0 Å². The van der Waals surface area contributed by atoms with Gasteiger partial charge >= 0.3 is 6.09 Å². The quantitative estimate of drug-likeness (QED) is 0.426. The van der Waals surface area contributed by atoms with Gasteiger partial charge in [-0.25, -0.2) is 4.79 Å². The van der Waals surface area contributed by atoms with Gasteiger partial charge in [0.25, 0.3) is 0 Å². The molecule has 3 N–H and O–H groups in total. The molecular formula is C29H45N3O5. The van der Waals surface area contributed by atoms with Gasteiger partial charge in [-0.05, 0) is 57.9 Å². The van der Waals surface area contributed by atoms with Gasteiger partial charge in [-0.3, -0.25) is 9.59 Å². The van der Waals surface area contributed by atoms with Crippen molar-refractivity contribution in [3.63, 3.8) is 0 Å². The van der Waals surface area contributed by atoms with Gasteiger partial charge in [0.05, 0.1) is 0 Å². The van der Waals surface area contributed by atoms with E-state index in [0.29, 0.717) is 12.0 Å². The van der Waals surface area contributed by atoms with E-state index in [0.717, 1.165) is 38.5 Å². The molecule has 1 aromatic rings. The predicted octanol–water partition coefficient (Wildman–Crippen LogP) is 5.06. The summed E-state index contributed by atoms with van der Waals surface area (Å²) in [6.45, 7) is 11.2. The first-order valence-corrected chi connectivity index (χ1v) is 13.8. The molecule has 0 bridgehead atoms. The molecule has 3 amide bonds. The molecule has 8 heteroatoms. The molecule has 8 nitrogen and oxygen atoms in total. The van der Waals surface area contributed by atoms with Crippen molar-refractivity contribution >= 4 is 17.9 Å². The molecular weight excluding hydrogens is 470 g/mol. The lowest BCUT2D eigenvalue weighted by molar-refractivity contribution is -0.144. The molecule has 206 valence electrons. The Morgan fingerprint density at radius 3 is 2.30 bits per heavy atom. The Kier molecular flexibility index (Phi) is 9.48. The van der Waals surface area contributed by atoms with E-state index in [1.165, 1.54) is 0 Å². The van der Waals surface area contributed by atoms with Crippen LogP contribution in [-0.4, -0.2) is 51.6 Å². The number of hydrogen-bond donors (Lipinski definition) is 3. The highest BCUT2D eigenvalue weighted by Crippen LogP contribution is 2.42. The average molecular weight is 516 g/mol. The number of phenols is 1. The van der Waals surface area contributed by atoms with Gasteiger partial charge in [-0.15, -0.1) is 0 Å². The molecule has 0 saturated heterocycles. The van der Waals surface area contributed by atoms with Gasteiger partial charge in [0.2, 0.25) is 11.8 Å². The summed E-state index contributed by atoms with van der Waals surface area (Å²) in [5, 5.41) is 16.8. The highest BCUT2D eigenvalue weighted by Gasteiger charge is 2.49. The van der Waals surface area contributed by atoms with Crippen LogP contribution in [0.25, 0.3) is 0 Å². The second-order valence-corrected chi connectivity index (χ2v) is 11.8. The van der Waals surface area contributed by atoms with Crippen LogP contribution in [0.4, 0.5) is 4.79 Å². The standard InChI is InChI=1S/C29H45N3O5/c1-7-18(2)24(31-28(36)37-29(4,5)6)27(35)32(22-17-19(22)3)25(21-15-11-12-16-23(21)33)26(34)30-20-13-9-8-10-14-20/h11-12,15-16,18-20,22,24-25,33H,7-10,13-14,17H2,1-6H3,(H,30,34)(H,31,36). The number of para-hydroxylation sites is 1. The summed E-state index contributed by atoms with van der Waals surface area (Å²) >= 11 is 0. The molecule has 5 atom stereocenters. The van der Waals surface area contributed by atoms with Crippen LogP contribution in [0, 0.1) is 11.8 Å². The maximum Gasteiger partial charge on any atom is 0.408 e. The molecule has 0 radical (unpaired) electrons. The lowest BCUT2D eigenvalue weighted by atomic mass is 9.93. The van der Waals surface area contributed by atoms with Crippen LogP contribution in [0.15, 0.2) is 24.3 Å². The molecule has 0 aliphatic heterocycles. The van der Waals surface area contributed by atoms with Gasteiger partial charge in [0.15, 0.2) is 0 Å². The highest BCUT2D eigenvalue weighted by molar-refractivity contribution is 5.93. The topological polar surface area (TPSA) is 108 Å². The number of benzene rings is 1. The van der Waals surface area contributed by atoms with E-state index in [-0.39, 0.29) is 41.5 Å². The fourth-order valence-electron chi connectivity index (χ4n) is 5.11. The van der Waals surface area contributed by atoms with Gasteiger partial charge in [0, 0.05) is 17.6 Å². The third-order valence-corrected chi connectivity index (χ3v) is 7.54. The van der Waals surface area contributed by atoms with Crippen molar-refractivity contribution in [3.8, 4) is 5.75 Å². The van der Waals surface area contributed by atoms with E-state index < -0.39 is 23.8 Å². The molecule has 0 heterocycles. The van der Waals surface area contributed by atoms with E-state index in [4.69, 9.17) is 4.74 Å². The molecule has 2 aliphatic rings. The monoisotopic (exact) mass is 515 g/mol. The van der Waals surface area contributed by atoms with Crippen LogP contribution < -0.4 is 10.6 Å². The van der Waals surface area contributed by atoms with Gasteiger partial charge in [-0.1, -0.05) is 64.7 Å². The first-order valence-electron chi connectivity index (χ1n) is 13.8. The summed E-state index contributed by atoms with van der Waals surface area (Å²) in [7, 11) is 0. The van der Waals surface area contributed by atoms with Gasteiger partial charge < -0.3 is 25.4 Å². The van der Waals surface area contributed by atoms with Crippen molar-refractivity contribution in [2.45, 2.75) is 116 Å². The predicted molar refractivity (Wildman–Crippen MR) is 143 cm³/mol. The minimum Gasteiger partial charge on any atom is -0.508 e. The van der Waals surface area contributed by atoms with Crippen LogP contribution in [0.1, 0.15) is 98.1 Å². The van der Waals surface area contributed by atoms with E-state index in [2.05, 4.69) is 10.6 Å². The molecule has 37 heavy (non-hydrogen) atoms. The number of amides is 3. The zero-order chi connectivity index (χ0) is 27.3. The molecule has 5 unspecified atom stereocenters. The molecule has 2 fully saturated rings. The third-order valence-electron chi connectivity index (χ3n) is 7.54. The summed E-state index contributed by atoms with van der Waals surface area (Å²) in [5.74, 6) is -0.637. The zero-order valence-electron chi connectivity index (χ0n) is 23.3. The average Bonchev–Trinajstić information content (AvgIpc) is 3.55. The summed E-state index contributed by atoms with van der Waals surface area (Å²) in [5.41, 5.74) is -0.320. The van der Waals surface area contributed by atoms with Crippen LogP contribution in [0.5, 0.6) is 5.75 Å². The van der Waals surface area contributed by atoms with Crippen molar-refractivity contribution < 1.29 is 24.2 Å². The van der Waals surface area contributed by atoms with Crippen molar-refractivity contribution in [2.24, 2.45) is 11.8 Å². The normalized spacial score (nSPS) is 22.3. The first-order chi connectivity index (χ1) is 17.4. The van der Waals surface area contributed by atoms with Gasteiger partial charge in [0.1, 0.15) is 23.4 Å². The molecule has 3 rings (SSSR count). The number of aromatic hydroxyl groups is 1. The van der Waals surface area contributed by atoms with E-state index in [1.807, 2.05) is 20.8 Å². The summed E-state index contributed by atoms with van der Waals surface area (Å²) in [6, 6.07) is 4.72. The SMILES string of the molecule is CCC(C)C(NC(=O)OC(C)(C)C)C(=O)N(C(C(=O)NC1CCCCC1)c1ccccc1O)C1CC1C. The maximum absolute atomic E-state index is 14.3. The Hall–Kier alpha value is -2.77. The number of carbonyl (C=O) groups excluding carboxylic acids is 3. The van der Waals surface area contributed by atoms with Gasteiger partial charge in [-0.2, -0.15) is 0 Å². The molecule has 2 saturated carbocycles. The Labute approximate surface area is 221 Å². The fraction of sp³-hybridized carbons (Fsp3) is 0.690. The number of nitrogens with one attached hydrogen (secondary N) is 2. The minimum atomic E-state index is -1.00. The largest absolute Gasteiger partial charge is 0.508 e. The summed E-state index contributed by atoms with van der Waals surface area (Å²) in [4.78, 5) is 42.5. The fourth-order valence-corrected chi connectivity index (χ4v) is 5.11. The zero-order valence-corrected chi connectivity index (χ0v) is 23.3. The third kappa shape index (κ3) is 7.62. The van der Waals surface area contributed by atoms with E-state index >= 15 is 0 Å². The molecule has 2 aliphatic carbocycles. The second kappa shape index (κ2) is 12.2. The number of nitrogens with zero attached hydrogens (tertiary/aromatic N) is 1. The number of hydrogen-bond acceptors (Lipinski definition) is 5. The van der Waals surface area contributed by atoms with E-state index in [1.54, 1.807) is 49.9 Å². The summed E-state index contributed by atoms with van der Waals surface area (Å²) in [6.07, 6.45) is 5.83. The van der Waals surface area contributed by atoms with E-state index in [9.17, 15) is 19.5 Å². The summed E-state index contributed by atoms with van der Waals surface area (Å²) < 4.78 is 5.46. The van der Waals surface area contributed by atoms with Crippen LogP contribution in [0.2, 0.25) is 0 Å².